The smallest absolute Gasteiger partial charge is 0.119 e. The molecular weight excluding hydrogens is 306 g/mol. The minimum Gasteiger partial charge on any atom is -0.494 e. The third-order valence-corrected chi connectivity index (χ3v) is 4.82. The number of hydrogen-bond acceptors (Lipinski definition) is 2. The Hall–Kier alpha value is -1.80. The lowest BCUT2D eigenvalue weighted by atomic mass is 9.93. The molecule has 2 heteroatoms. The van der Waals surface area contributed by atoms with Gasteiger partial charge in [0, 0.05) is 0 Å². The summed E-state index contributed by atoms with van der Waals surface area (Å²) in [5.74, 6) is 0.982. The molecule has 0 unspecified atom stereocenters. The standard InChI is InChI=1S/C23H33NO/c1-18-11-10-12-19(2)23(18)22-14-13-21(17-20(22)3)25-16-9-7-5-4-6-8-15-24/h10-14,17H,4-9,15-16,24H2,1-3H3. The highest BCUT2D eigenvalue weighted by atomic mass is 16.5. The molecule has 2 nitrogen and oxygen atoms in total. The second kappa shape index (κ2) is 10.2. The number of ether oxygens (including phenoxy) is 1. The van der Waals surface area contributed by atoms with Gasteiger partial charge < -0.3 is 10.5 Å². The van der Waals surface area contributed by atoms with Crippen molar-refractivity contribution in [2.75, 3.05) is 13.2 Å². The second-order valence-corrected chi connectivity index (χ2v) is 7.00. The van der Waals surface area contributed by atoms with Crippen LogP contribution in [0.3, 0.4) is 0 Å². The first kappa shape index (κ1) is 19.5. The lowest BCUT2D eigenvalue weighted by molar-refractivity contribution is 0.304. The fourth-order valence-electron chi connectivity index (χ4n) is 3.39. The zero-order valence-corrected chi connectivity index (χ0v) is 16.1. The summed E-state index contributed by atoms with van der Waals surface area (Å²) in [6.07, 6.45) is 7.36. The van der Waals surface area contributed by atoms with Gasteiger partial charge in [-0.3, -0.25) is 0 Å². The van der Waals surface area contributed by atoms with Gasteiger partial charge in [0.15, 0.2) is 0 Å². The van der Waals surface area contributed by atoms with Crippen LogP contribution < -0.4 is 10.5 Å². The molecule has 2 rings (SSSR count). The Balaban J connectivity index is 1.86. The van der Waals surface area contributed by atoms with Crippen LogP contribution in [-0.2, 0) is 0 Å². The molecule has 0 atom stereocenters. The Morgan fingerprint density at radius 2 is 1.40 bits per heavy atom. The summed E-state index contributed by atoms with van der Waals surface area (Å²) < 4.78 is 5.95. The Bertz CT molecular complexity index is 643. The predicted octanol–water partition coefficient (Wildman–Crippen LogP) is 5.96. The minimum atomic E-state index is 0.805. The highest BCUT2D eigenvalue weighted by Gasteiger charge is 2.09. The van der Waals surface area contributed by atoms with Gasteiger partial charge in [0.2, 0.25) is 0 Å². The van der Waals surface area contributed by atoms with Gasteiger partial charge in [0.25, 0.3) is 0 Å². The fourth-order valence-corrected chi connectivity index (χ4v) is 3.39. The SMILES string of the molecule is Cc1cc(OCCCCCCCCN)ccc1-c1c(C)cccc1C. The lowest BCUT2D eigenvalue weighted by Crippen LogP contribution is -1.99. The first-order valence-electron chi connectivity index (χ1n) is 9.63. The van der Waals surface area contributed by atoms with Gasteiger partial charge in [0.05, 0.1) is 6.61 Å². The van der Waals surface area contributed by atoms with Crippen molar-refractivity contribution in [1.82, 2.24) is 0 Å². The second-order valence-electron chi connectivity index (χ2n) is 7.00. The van der Waals surface area contributed by atoms with E-state index in [1.807, 2.05) is 0 Å². The average molecular weight is 340 g/mol. The van der Waals surface area contributed by atoms with E-state index < -0.39 is 0 Å². The molecule has 0 heterocycles. The monoisotopic (exact) mass is 339 g/mol. The van der Waals surface area contributed by atoms with E-state index in [0.717, 1.165) is 31.7 Å². The molecular formula is C23H33NO. The molecule has 0 fully saturated rings. The topological polar surface area (TPSA) is 35.2 Å². The zero-order valence-electron chi connectivity index (χ0n) is 16.1. The molecule has 136 valence electrons. The molecule has 0 amide bonds. The first-order valence-corrected chi connectivity index (χ1v) is 9.63. The molecule has 0 spiro atoms. The Labute approximate surface area is 153 Å². The van der Waals surface area contributed by atoms with Gasteiger partial charge in [-0.2, -0.15) is 0 Å². The van der Waals surface area contributed by atoms with E-state index in [1.165, 1.54) is 53.5 Å². The quantitative estimate of drug-likeness (QED) is 0.542. The molecule has 0 radical (unpaired) electrons. The maximum Gasteiger partial charge on any atom is 0.119 e. The van der Waals surface area contributed by atoms with E-state index in [-0.39, 0.29) is 0 Å². The van der Waals surface area contributed by atoms with Gasteiger partial charge in [-0.25, -0.2) is 0 Å². The summed E-state index contributed by atoms with van der Waals surface area (Å²) in [5, 5.41) is 0. The molecule has 2 aromatic rings. The van der Waals surface area contributed by atoms with Crippen molar-refractivity contribution in [2.45, 2.75) is 59.3 Å². The summed E-state index contributed by atoms with van der Waals surface area (Å²) in [7, 11) is 0. The molecule has 0 aliphatic carbocycles. The van der Waals surface area contributed by atoms with Crippen LogP contribution in [0, 0.1) is 20.8 Å². The van der Waals surface area contributed by atoms with Gasteiger partial charge >= 0.3 is 0 Å². The number of benzene rings is 2. The Morgan fingerprint density at radius 1 is 0.760 bits per heavy atom. The predicted molar refractivity (Wildman–Crippen MR) is 108 cm³/mol. The van der Waals surface area contributed by atoms with Crippen molar-refractivity contribution >= 4 is 0 Å². The van der Waals surface area contributed by atoms with Crippen LogP contribution in [0.25, 0.3) is 11.1 Å². The Kier molecular flexibility index (Phi) is 8.00. The van der Waals surface area contributed by atoms with E-state index in [4.69, 9.17) is 10.5 Å². The summed E-state index contributed by atoms with van der Waals surface area (Å²) in [4.78, 5) is 0. The van der Waals surface area contributed by atoms with E-state index in [0.29, 0.717) is 0 Å². The van der Waals surface area contributed by atoms with Crippen LogP contribution in [0.15, 0.2) is 36.4 Å². The molecule has 2 N–H and O–H groups in total. The van der Waals surface area contributed by atoms with Crippen LogP contribution in [0.2, 0.25) is 0 Å². The Morgan fingerprint density at radius 3 is 2.04 bits per heavy atom. The summed E-state index contributed by atoms with van der Waals surface area (Å²) in [5.41, 5.74) is 12.1. The van der Waals surface area contributed by atoms with Gasteiger partial charge in [-0.1, -0.05) is 49.9 Å². The molecule has 0 saturated heterocycles. The van der Waals surface area contributed by atoms with Gasteiger partial charge in [-0.05, 0) is 80.1 Å². The minimum absolute atomic E-state index is 0.805. The molecule has 0 aliphatic heterocycles. The van der Waals surface area contributed by atoms with Crippen molar-refractivity contribution in [3.63, 3.8) is 0 Å². The van der Waals surface area contributed by atoms with Crippen LogP contribution in [0.1, 0.15) is 55.2 Å². The maximum absolute atomic E-state index is 5.95. The van der Waals surface area contributed by atoms with E-state index >= 15 is 0 Å². The summed E-state index contributed by atoms with van der Waals surface area (Å²) in [6.45, 7) is 8.16. The number of hydrogen-bond donors (Lipinski definition) is 1. The number of rotatable bonds is 10. The fraction of sp³-hybridized carbons (Fsp3) is 0.478. The van der Waals surface area contributed by atoms with Crippen LogP contribution in [0.5, 0.6) is 5.75 Å². The number of nitrogens with two attached hydrogens (primary N) is 1. The number of unbranched alkanes of at least 4 members (excludes halogenated alkanes) is 5. The normalized spacial score (nSPS) is 10.9. The molecule has 0 bridgehead atoms. The first-order chi connectivity index (χ1) is 12.1. The van der Waals surface area contributed by atoms with Crippen LogP contribution in [-0.4, -0.2) is 13.2 Å². The van der Waals surface area contributed by atoms with Crippen molar-refractivity contribution < 1.29 is 4.74 Å². The average Bonchev–Trinajstić information content (AvgIpc) is 2.59. The lowest BCUT2D eigenvalue weighted by Gasteiger charge is -2.14. The van der Waals surface area contributed by atoms with Crippen LogP contribution in [0.4, 0.5) is 0 Å². The molecule has 0 saturated carbocycles. The molecule has 0 aliphatic rings. The highest BCUT2D eigenvalue weighted by molar-refractivity contribution is 5.74. The van der Waals surface area contributed by atoms with Crippen molar-refractivity contribution in [1.29, 1.82) is 0 Å². The van der Waals surface area contributed by atoms with E-state index in [9.17, 15) is 0 Å². The van der Waals surface area contributed by atoms with E-state index in [2.05, 4.69) is 57.2 Å². The highest BCUT2D eigenvalue weighted by Crippen LogP contribution is 2.31. The van der Waals surface area contributed by atoms with Crippen molar-refractivity contribution in [2.24, 2.45) is 5.73 Å². The van der Waals surface area contributed by atoms with E-state index in [1.54, 1.807) is 0 Å². The third-order valence-electron chi connectivity index (χ3n) is 4.82. The maximum atomic E-state index is 5.95. The third kappa shape index (κ3) is 5.89. The summed E-state index contributed by atoms with van der Waals surface area (Å²) in [6, 6.07) is 13.0. The van der Waals surface area contributed by atoms with Gasteiger partial charge in [-0.15, -0.1) is 0 Å². The van der Waals surface area contributed by atoms with Gasteiger partial charge in [0.1, 0.15) is 5.75 Å². The molecule has 0 aromatic heterocycles. The van der Waals surface area contributed by atoms with Crippen molar-refractivity contribution in [3.8, 4) is 16.9 Å². The number of aryl methyl sites for hydroxylation is 3. The zero-order chi connectivity index (χ0) is 18.1. The van der Waals surface area contributed by atoms with Crippen LogP contribution >= 0.6 is 0 Å². The summed E-state index contributed by atoms with van der Waals surface area (Å²) >= 11 is 0. The molecule has 2 aromatic carbocycles. The van der Waals surface area contributed by atoms with Crippen molar-refractivity contribution in [3.05, 3.63) is 53.1 Å². The molecule has 25 heavy (non-hydrogen) atoms. The largest absolute Gasteiger partial charge is 0.494 e.